The van der Waals surface area contributed by atoms with Gasteiger partial charge >= 0.3 is 0 Å². The van der Waals surface area contributed by atoms with Crippen LogP contribution >= 0.6 is 11.6 Å². The number of nitrogens with zero attached hydrogens (tertiary/aromatic N) is 2. The second-order valence-corrected chi connectivity index (χ2v) is 5.32. The quantitative estimate of drug-likeness (QED) is 0.546. The number of hydrogen-bond donors (Lipinski definition) is 2. The second kappa shape index (κ2) is 4.89. The van der Waals surface area contributed by atoms with Gasteiger partial charge in [0.2, 0.25) is 0 Å². The van der Waals surface area contributed by atoms with Crippen LogP contribution in [0.2, 0.25) is 5.02 Å². The Morgan fingerprint density at radius 1 is 1.09 bits per heavy atom. The molecule has 0 saturated heterocycles. The molecule has 6 heteroatoms. The Morgan fingerprint density at radius 3 is 2.82 bits per heavy atom. The van der Waals surface area contributed by atoms with Gasteiger partial charge in [-0.05, 0) is 30.3 Å². The molecule has 0 saturated carbocycles. The number of nitrogens with two attached hydrogens (primary N) is 1. The van der Waals surface area contributed by atoms with E-state index in [-0.39, 0.29) is 0 Å². The zero-order chi connectivity index (χ0) is 15.1. The Morgan fingerprint density at radius 2 is 1.95 bits per heavy atom. The minimum Gasteiger partial charge on any atom is -0.453 e. The van der Waals surface area contributed by atoms with Gasteiger partial charge in [-0.3, -0.25) is 5.10 Å². The van der Waals surface area contributed by atoms with E-state index >= 15 is 0 Å². The Labute approximate surface area is 130 Å². The summed E-state index contributed by atoms with van der Waals surface area (Å²) in [7, 11) is 0. The third-order valence-corrected chi connectivity index (χ3v) is 3.64. The number of aromatic nitrogens is 3. The molecule has 22 heavy (non-hydrogen) atoms. The number of hydrogen-bond acceptors (Lipinski definition) is 4. The maximum absolute atomic E-state index is 6.00. The molecule has 0 aliphatic carbocycles. The van der Waals surface area contributed by atoms with Gasteiger partial charge in [0.1, 0.15) is 5.58 Å². The largest absolute Gasteiger partial charge is 0.453 e. The number of anilines is 1. The van der Waals surface area contributed by atoms with E-state index in [1.807, 2.05) is 30.3 Å². The number of furan rings is 1. The monoisotopic (exact) mass is 310 g/mol. The zero-order valence-electron chi connectivity index (χ0n) is 11.4. The normalized spacial score (nSPS) is 11.1. The molecule has 0 fully saturated rings. The predicted octanol–water partition coefficient (Wildman–Crippen LogP) is 4.12. The van der Waals surface area contributed by atoms with Crippen LogP contribution in [-0.4, -0.2) is 15.2 Å². The molecule has 2 heterocycles. The maximum atomic E-state index is 6.00. The summed E-state index contributed by atoms with van der Waals surface area (Å²) in [6, 6.07) is 14.9. The number of rotatable bonds is 2. The first-order valence-corrected chi connectivity index (χ1v) is 7.05. The molecular weight excluding hydrogens is 300 g/mol. The molecule has 2 aromatic carbocycles. The lowest BCUT2D eigenvalue weighted by Gasteiger charge is -2.00. The fourth-order valence-corrected chi connectivity index (χ4v) is 2.49. The number of aromatic amines is 1. The fourth-order valence-electron chi connectivity index (χ4n) is 2.31. The molecule has 0 unspecified atom stereocenters. The van der Waals surface area contributed by atoms with Crippen LogP contribution in [0, 0.1) is 0 Å². The van der Waals surface area contributed by atoms with Gasteiger partial charge in [0.25, 0.3) is 0 Å². The Balaban J connectivity index is 1.79. The average Bonchev–Trinajstić information content (AvgIpc) is 3.15. The van der Waals surface area contributed by atoms with E-state index in [9.17, 15) is 0 Å². The molecular formula is C16H11ClN4O. The van der Waals surface area contributed by atoms with E-state index in [1.54, 1.807) is 18.2 Å². The molecule has 0 radical (unpaired) electrons. The van der Waals surface area contributed by atoms with Crippen molar-refractivity contribution in [3.05, 3.63) is 53.6 Å². The highest BCUT2D eigenvalue weighted by molar-refractivity contribution is 6.31. The van der Waals surface area contributed by atoms with E-state index in [1.165, 1.54) is 0 Å². The molecule has 0 aliphatic rings. The number of halogens is 1. The van der Waals surface area contributed by atoms with E-state index in [0.29, 0.717) is 33.7 Å². The lowest BCUT2D eigenvalue weighted by atomic mass is 10.2. The molecule has 0 bridgehead atoms. The van der Waals surface area contributed by atoms with Gasteiger partial charge in [0.15, 0.2) is 17.4 Å². The number of benzene rings is 2. The molecule has 2 aromatic heterocycles. The molecule has 5 nitrogen and oxygen atoms in total. The summed E-state index contributed by atoms with van der Waals surface area (Å²) in [5, 5.41) is 8.67. The molecule has 4 aromatic rings. The molecule has 0 spiro atoms. The third kappa shape index (κ3) is 2.12. The van der Waals surface area contributed by atoms with E-state index in [0.717, 1.165) is 11.0 Å². The van der Waals surface area contributed by atoms with Gasteiger partial charge in [0, 0.05) is 21.7 Å². The lowest BCUT2D eigenvalue weighted by molar-refractivity contribution is 0.625. The SMILES string of the molecule is Nc1ccc(Cl)cc1-c1n[nH]c(-c2cc3ccccc3o2)n1. The summed E-state index contributed by atoms with van der Waals surface area (Å²) in [4.78, 5) is 4.45. The van der Waals surface area contributed by atoms with Crippen LogP contribution in [-0.2, 0) is 0 Å². The van der Waals surface area contributed by atoms with Crippen LogP contribution in [0.3, 0.4) is 0 Å². The fraction of sp³-hybridized carbons (Fsp3) is 0. The molecule has 108 valence electrons. The highest BCUT2D eigenvalue weighted by Crippen LogP contribution is 2.29. The smallest absolute Gasteiger partial charge is 0.192 e. The summed E-state index contributed by atoms with van der Waals surface area (Å²) in [6.45, 7) is 0. The number of fused-ring (bicyclic) bond motifs is 1. The highest BCUT2D eigenvalue weighted by Gasteiger charge is 2.14. The van der Waals surface area contributed by atoms with Gasteiger partial charge < -0.3 is 10.2 Å². The van der Waals surface area contributed by atoms with Crippen LogP contribution < -0.4 is 5.73 Å². The van der Waals surface area contributed by atoms with E-state index < -0.39 is 0 Å². The maximum Gasteiger partial charge on any atom is 0.192 e. The first-order valence-electron chi connectivity index (χ1n) is 6.67. The highest BCUT2D eigenvalue weighted by atomic mass is 35.5. The molecule has 3 N–H and O–H groups in total. The van der Waals surface area contributed by atoms with Gasteiger partial charge in [-0.25, -0.2) is 4.98 Å². The van der Waals surface area contributed by atoms with Crippen molar-refractivity contribution in [2.45, 2.75) is 0 Å². The van der Waals surface area contributed by atoms with Gasteiger partial charge in [-0.2, -0.15) is 5.10 Å². The van der Waals surface area contributed by atoms with Crippen molar-refractivity contribution in [1.82, 2.24) is 15.2 Å². The predicted molar refractivity (Wildman–Crippen MR) is 86.4 cm³/mol. The van der Waals surface area contributed by atoms with Gasteiger partial charge in [0.05, 0.1) is 0 Å². The van der Waals surface area contributed by atoms with E-state index in [4.69, 9.17) is 21.8 Å². The van der Waals surface area contributed by atoms with E-state index in [2.05, 4.69) is 15.2 Å². The Hall–Kier alpha value is -2.79. The Kier molecular flexibility index (Phi) is 2.87. The minimum atomic E-state index is 0.482. The Bertz CT molecular complexity index is 940. The third-order valence-electron chi connectivity index (χ3n) is 3.40. The number of H-pyrrole nitrogens is 1. The topological polar surface area (TPSA) is 80.7 Å². The minimum absolute atomic E-state index is 0.482. The van der Waals surface area contributed by atoms with Crippen molar-refractivity contribution in [3.8, 4) is 23.0 Å². The summed E-state index contributed by atoms with van der Waals surface area (Å²) < 4.78 is 5.77. The first-order chi connectivity index (χ1) is 10.7. The zero-order valence-corrected chi connectivity index (χ0v) is 12.1. The van der Waals surface area contributed by atoms with Crippen LogP contribution in [0.15, 0.2) is 52.9 Å². The molecule has 0 aliphatic heterocycles. The summed E-state index contributed by atoms with van der Waals surface area (Å²) in [5.74, 6) is 1.65. The van der Waals surface area contributed by atoms with Crippen molar-refractivity contribution in [2.75, 3.05) is 5.73 Å². The van der Waals surface area contributed by atoms with Crippen LogP contribution in [0.4, 0.5) is 5.69 Å². The number of para-hydroxylation sites is 1. The van der Waals surface area contributed by atoms with Crippen LogP contribution in [0.1, 0.15) is 0 Å². The van der Waals surface area contributed by atoms with Crippen molar-refractivity contribution in [3.63, 3.8) is 0 Å². The number of nitrogens with one attached hydrogen (secondary N) is 1. The summed E-state index contributed by atoms with van der Waals surface area (Å²) >= 11 is 6.00. The summed E-state index contributed by atoms with van der Waals surface area (Å²) in [6.07, 6.45) is 0. The van der Waals surface area contributed by atoms with Crippen LogP contribution in [0.5, 0.6) is 0 Å². The van der Waals surface area contributed by atoms with Gasteiger partial charge in [-0.1, -0.05) is 29.8 Å². The van der Waals surface area contributed by atoms with Crippen molar-refractivity contribution >= 4 is 28.3 Å². The van der Waals surface area contributed by atoms with Crippen molar-refractivity contribution < 1.29 is 4.42 Å². The molecule has 4 rings (SSSR count). The van der Waals surface area contributed by atoms with Gasteiger partial charge in [-0.15, -0.1) is 0 Å². The standard InChI is InChI=1S/C16H11ClN4O/c17-10-5-6-12(18)11(8-10)15-19-16(21-20-15)14-7-9-3-1-2-4-13(9)22-14/h1-8H,18H2,(H,19,20,21). The van der Waals surface area contributed by atoms with Crippen molar-refractivity contribution in [2.24, 2.45) is 0 Å². The average molecular weight is 311 g/mol. The lowest BCUT2D eigenvalue weighted by Crippen LogP contribution is -1.91. The van der Waals surface area contributed by atoms with Crippen LogP contribution in [0.25, 0.3) is 33.9 Å². The second-order valence-electron chi connectivity index (χ2n) is 4.89. The molecule has 0 amide bonds. The summed E-state index contributed by atoms with van der Waals surface area (Å²) in [5.41, 5.74) is 8.01. The van der Waals surface area contributed by atoms with Crippen molar-refractivity contribution in [1.29, 1.82) is 0 Å². The first kappa shape index (κ1) is 12.9. The number of nitrogen functional groups attached to an aromatic ring is 1. The molecule has 0 atom stereocenters.